The monoisotopic (exact) mass is 1540 g/mol. The summed E-state index contributed by atoms with van der Waals surface area (Å²) in [7, 11) is -12.5. The molecule has 19 atom stereocenters. The van der Waals surface area contributed by atoms with Gasteiger partial charge in [-0.15, -0.1) is 0 Å². The molecule has 0 bridgehead atoms. The Kier molecular flexibility index (Phi) is 47.7. The first-order valence-electron chi connectivity index (χ1n) is 33.2. The molecule has 3 saturated heterocycles. The van der Waals surface area contributed by atoms with E-state index in [1.54, 1.807) is 0 Å². The fourth-order valence-corrected chi connectivity index (χ4v) is 12.5. The quantitative estimate of drug-likeness (QED) is 0.0245. The zero-order valence-electron chi connectivity index (χ0n) is 57.2. The molecule has 15 N–H and O–H groups in total. The molecule has 3 aliphatic heterocycles. The SMILES string of the molecule is COP(=O)(O)OCCCCCCOCC(COCCCOPOCCCCOC1OC(CO)C(O)C(O)C1NC(C)=O)(COCCCOP(=O)(O)OCCCCOC1OC(CO)C(O)C(O)C1NC(C)=O)COCCCOP(=O)(O)OCCCCOC1OC(CO)C(O)C(O)C1NC(C)=O. The molecular weight excluding hydrogens is 1430 g/mol. The summed E-state index contributed by atoms with van der Waals surface area (Å²) in [5.74, 6) is -1.52. The lowest BCUT2D eigenvalue weighted by Crippen LogP contribution is -2.64. The number of aliphatic hydroxyl groups is 9. The normalized spacial score (nSPS) is 28.3. The van der Waals surface area contributed by atoms with Crippen LogP contribution in [0.1, 0.15) is 104 Å². The lowest BCUT2D eigenvalue weighted by atomic mass is 9.92. The molecule has 590 valence electrons. The maximum absolute atomic E-state index is 12.8. The van der Waals surface area contributed by atoms with E-state index in [4.69, 9.17) is 79.0 Å². The minimum Gasteiger partial charge on any atom is -0.394 e. The Balaban J connectivity index is 1.56. The van der Waals surface area contributed by atoms with E-state index in [0.717, 1.165) is 7.11 Å². The number of nitrogens with one attached hydrogen (secondary N) is 3. The van der Waals surface area contributed by atoms with Gasteiger partial charge < -0.3 is 133 Å². The van der Waals surface area contributed by atoms with Crippen molar-refractivity contribution < 1.29 is 172 Å². The summed E-state index contributed by atoms with van der Waals surface area (Å²) >= 11 is 0. The number of aliphatic hydroxyl groups excluding tert-OH is 9. The Hall–Kier alpha value is -1.67. The first kappa shape index (κ1) is 92.5. The second kappa shape index (κ2) is 51.6. The first-order chi connectivity index (χ1) is 47.6. The third-order valence-electron chi connectivity index (χ3n) is 15.2. The van der Waals surface area contributed by atoms with E-state index in [1.807, 2.05) is 0 Å². The van der Waals surface area contributed by atoms with E-state index in [9.17, 15) is 88.7 Å². The van der Waals surface area contributed by atoms with Crippen molar-refractivity contribution in [2.24, 2.45) is 5.41 Å². The molecule has 0 aliphatic carbocycles. The van der Waals surface area contributed by atoms with Crippen LogP contribution in [0, 0.1) is 5.41 Å². The van der Waals surface area contributed by atoms with Crippen LogP contribution in [0.5, 0.6) is 0 Å². The molecule has 3 heterocycles. The van der Waals surface area contributed by atoms with Crippen molar-refractivity contribution in [3.63, 3.8) is 0 Å². The van der Waals surface area contributed by atoms with Crippen LogP contribution in [-0.4, -0.2) is 316 Å². The van der Waals surface area contributed by atoms with Gasteiger partial charge in [0.2, 0.25) is 17.7 Å². The van der Waals surface area contributed by atoms with Crippen molar-refractivity contribution in [3.05, 3.63) is 0 Å². The van der Waals surface area contributed by atoms with Gasteiger partial charge in [-0.25, -0.2) is 13.7 Å². The lowest BCUT2D eigenvalue weighted by Gasteiger charge is -2.42. The van der Waals surface area contributed by atoms with Gasteiger partial charge in [0.25, 0.3) is 0 Å². The average Bonchev–Trinajstić information content (AvgIpc) is 0.828. The first-order valence-corrected chi connectivity index (χ1v) is 38.5. The summed E-state index contributed by atoms with van der Waals surface area (Å²) in [5.41, 5.74) is -1.01. The average molecular weight is 1540 g/mol. The van der Waals surface area contributed by atoms with Gasteiger partial charge in [0.05, 0.1) is 97.9 Å². The number of carbonyl (C=O) groups excluding carboxylic acids is 3. The van der Waals surface area contributed by atoms with E-state index in [1.165, 1.54) is 20.8 Å². The maximum Gasteiger partial charge on any atom is 0.472 e. The summed E-state index contributed by atoms with van der Waals surface area (Å²) in [6.07, 6.45) is -10.9. The Labute approximate surface area is 584 Å². The molecule has 3 fully saturated rings. The third-order valence-corrected chi connectivity index (χ3v) is 18.8. The molecule has 0 radical (unpaired) electrons. The van der Waals surface area contributed by atoms with Crippen LogP contribution in [0.4, 0.5) is 0 Å². The molecule has 0 aromatic carbocycles. The van der Waals surface area contributed by atoms with Crippen molar-refractivity contribution in [2.45, 2.75) is 196 Å². The van der Waals surface area contributed by atoms with Crippen LogP contribution >= 0.6 is 32.5 Å². The van der Waals surface area contributed by atoms with Crippen molar-refractivity contribution >= 4 is 50.2 Å². The van der Waals surface area contributed by atoms with Gasteiger partial charge in [0.1, 0.15) is 73.1 Å². The number of phosphoric acid groups is 3. The van der Waals surface area contributed by atoms with Crippen molar-refractivity contribution in [1.82, 2.24) is 16.0 Å². The van der Waals surface area contributed by atoms with Crippen LogP contribution in [0.15, 0.2) is 0 Å². The summed E-state index contributed by atoms with van der Waals surface area (Å²) < 4.78 is 137. The summed E-state index contributed by atoms with van der Waals surface area (Å²) in [6, 6.07) is -3.35. The van der Waals surface area contributed by atoms with Gasteiger partial charge in [0.15, 0.2) is 27.9 Å². The number of hydrogen-bond donors (Lipinski definition) is 15. The van der Waals surface area contributed by atoms with Crippen LogP contribution < -0.4 is 16.0 Å². The molecule has 3 amide bonds. The van der Waals surface area contributed by atoms with Crippen molar-refractivity contribution in [1.29, 1.82) is 0 Å². The van der Waals surface area contributed by atoms with Crippen LogP contribution in [0.3, 0.4) is 0 Å². The second-order valence-corrected chi connectivity index (χ2v) is 29.0. The highest BCUT2D eigenvalue weighted by atomic mass is 31.2. The minimum atomic E-state index is -4.55. The number of amides is 3. The van der Waals surface area contributed by atoms with E-state index in [-0.39, 0.29) is 160 Å². The Morgan fingerprint density at radius 2 is 0.640 bits per heavy atom. The highest BCUT2D eigenvalue weighted by Gasteiger charge is 2.48. The number of hydrogen-bond acceptors (Lipinski definition) is 33. The van der Waals surface area contributed by atoms with Crippen molar-refractivity contribution in [3.8, 4) is 0 Å². The van der Waals surface area contributed by atoms with Gasteiger partial charge in [-0.05, 0) is 70.6 Å². The fraction of sp³-hybridized carbons (Fsp3) is 0.947. The van der Waals surface area contributed by atoms with E-state index >= 15 is 0 Å². The molecule has 0 aromatic heterocycles. The second-order valence-electron chi connectivity index (χ2n) is 23.8. The number of carbonyl (C=O) groups is 3. The number of phosphoric ester groups is 3. The number of unbranched alkanes of at least 4 members (excludes halogenated alkanes) is 6. The maximum atomic E-state index is 12.8. The third kappa shape index (κ3) is 37.7. The zero-order valence-corrected chi connectivity index (χ0v) is 60.9. The predicted octanol–water partition coefficient (Wildman–Crippen LogP) is -1.44. The standard InChI is InChI=1S/C57H111N3O36P4/c1-39(64)58-45-51(70)48(67)42(32-61)94-54(45)84-22-9-12-25-87-97-88-26-15-19-81-36-57(35-80-18-7-5-6-8-27-89-98(73,74)79-4,37-82-20-16-30-92-99(75,76)90-28-13-10-23-85-55-46(59-40(2)65)52(71)49(68)43(33-62)95-55)38-83-21-17-31-93-100(77,78)91-29-14-11-24-86-56-47(60-41(3)66)53(72)50(69)44(34-63)96-56/h42-56,61-63,67-72,97H,5-38H2,1-4H3,(H,58,64)(H,59,65)(H,60,66)(H,73,74)(H,75,76)(H,77,78). The topological polar surface area (TPSA) is 547 Å². The fourth-order valence-electron chi connectivity index (χ4n) is 9.89. The molecule has 39 nitrogen and oxygen atoms in total. The molecule has 0 spiro atoms. The molecule has 100 heavy (non-hydrogen) atoms. The molecule has 19 unspecified atom stereocenters. The Bertz CT molecular complexity index is 2260. The largest absolute Gasteiger partial charge is 0.472 e. The molecular formula is C57H111N3O36P4. The van der Waals surface area contributed by atoms with Gasteiger partial charge in [-0.3, -0.25) is 41.5 Å². The molecule has 0 aromatic rings. The molecule has 0 saturated carbocycles. The number of rotatable bonds is 59. The van der Waals surface area contributed by atoms with Gasteiger partial charge in [-0.2, -0.15) is 0 Å². The zero-order chi connectivity index (χ0) is 74.0. The summed E-state index contributed by atoms with van der Waals surface area (Å²) in [4.78, 5) is 65.6. The number of ether oxygens (including phenoxy) is 10. The predicted molar refractivity (Wildman–Crippen MR) is 346 cm³/mol. The van der Waals surface area contributed by atoms with Crippen LogP contribution in [0.25, 0.3) is 0 Å². The van der Waals surface area contributed by atoms with Crippen LogP contribution in [-0.2, 0) is 112 Å². The highest BCUT2D eigenvalue weighted by Crippen LogP contribution is 2.45. The van der Waals surface area contributed by atoms with Crippen molar-refractivity contribution in [2.75, 3.05) is 146 Å². The Morgan fingerprint density at radius 1 is 0.380 bits per heavy atom. The highest BCUT2D eigenvalue weighted by molar-refractivity contribution is 7.47. The molecule has 43 heteroatoms. The smallest absolute Gasteiger partial charge is 0.394 e. The summed E-state index contributed by atoms with van der Waals surface area (Å²) in [6.45, 7) is 1.96. The van der Waals surface area contributed by atoms with E-state index in [2.05, 4.69) is 20.5 Å². The molecule has 3 aliphatic rings. The minimum absolute atomic E-state index is 0.00317. The summed E-state index contributed by atoms with van der Waals surface area (Å²) in [5, 5.41) is 98.4. The lowest BCUT2D eigenvalue weighted by molar-refractivity contribution is -0.270. The Morgan fingerprint density at radius 3 is 0.960 bits per heavy atom. The molecule has 3 rings (SSSR count). The van der Waals surface area contributed by atoms with E-state index < -0.39 is 158 Å². The van der Waals surface area contributed by atoms with Gasteiger partial charge in [0, 0.05) is 74.1 Å². The van der Waals surface area contributed by atoms with E-state index in [0.29, 0.717) is 51.6 Å². The van der Waals surface area contributed by atoms with Crippen LogP contribution in [0.2, 0.25) is 0 Å². The van der Waals surface area contributed by atoms with Gasteiger partial charge in [-0.1, -0.05) is 12.8 Å². The van der Waals surface area contributed by atoms with Gasteiger partial charge >= 0.3 is 23.5 Å².